The Morgan fingerprint density at radius 2 is 1.43 bits per heavy atom. The summed E-state index contributed by atoms with van der Waals surface area (Å²) in [6.45, 7) is 4.12. The van der Waals surface area contributed by atoms with Gasteiger partial charge in [0.25, 0.3) is 0 Å². The highest BCUT2D eigenvalue weighted by Gasteiger charge is 2.06. The number of carbonyl (C=O) groups is 3. The van der Waals surface area contributed by atoms with Gasteiger partial charge in [-0.25, -0.2) is 14.4 Å². The van der Waals surface area contributed by atoms with Crippen LogP contribution < -0.4 is 0 Å². The summed E-state index contributed by atoms with van der Waals surface area (Å²) in [6, 6.07) is 0. The second kappa shape index (κ2) is 13.1. The van der Waals surface area contributed by atoms with Crippen molar-refractivity contribution in [3.63, 3.8) is 0 Å². The van der Waals surface area contributed by atoms with E-state index in [-0.39, 0.29) is 0 Å². The van der Waals surface area contributed by atoms with E-state index in [9.17, 15) is 14.4 Å². The van der Waals surface area contributed by atoms with Gasteiger partial charge in [0.2, 0.25) is 0 Å². The summed E-state index contributed by atoms with van der Waals surface area (Å²) in [5.41, 5.74) is 0. The molecule has 0 amide bonds. The molecule has 0 rings (SSSR count). The predicted octanol–water partition coefficient (Wildman–Crippen LogP) is 2.16. The minimum atomic E-state index is -0.786. The quantitative estimate of drug-likeness (QED) is 0.252. The number of esters is 3. The Labute approximate surface area is 125 Å². The van der Waals surface area contributed by atoms with E-state index in [0.717, 1.165) is 37.8 Å². The monoisotopic (exact) mass is 300 g/mol. The first-order chi connectivity index (χ1) is 10.1. The van der Waals surface area contributed by atoms with Crippen LogP contribution in [0.15, 0.2) is 12.2 Å². The maximum Gasteiger partial charge on any atom is 0.344 e. The average molecular weight is 300 g/mol. The molecule has 0 aliphatic carbocycles. The minimum Gasteiger partial charge on any atom is -0.463 e. The fraction of sp³-hybridized carbons (Fsp3) is 0.667. The molecule has 6 nitrogen and oxygen atoms in total. The Balaban J connectivity index is 3.69. The molecule has 0 unspecified atom stereocenters. The number of rotatable bonds is 11. The standard InChI is InChI=1S/C15H24O6/c1-3-5-6-7-11-20-15(18)12-21-14(17)9-8-13(16)19-10-4-2/h8-9H,3-7,10-12H2,1-2H3/b9-8+. The molecular formula is C15H24O6. The molecule has 6 heteroatoms. The van der Waals surface area contributed by atoms with Gasteiger partial charge in [-0.15, -0.1) is 0 Å². The molecule has 0 aromatic carbocycles. The lowest BCUT2D eigenvalue weighted by molar-refractivity contribution is -0.156. The first kappa shape index (κ1) is 19.1. The second-order valence-electron chi connectivity index (χ2n) is 4.39. The lowest BCUT2D eigenvalue weighted by Gasteiger charge is -2.04. The van der Waals surface area contributed by atoms with Crippen LogP contribution in [0.2, 0.25) is 0 Å². The zero-order valence-electron chi connectivity index (χ0n) is 12.8. The number of hydrogen-bond acceptors (Lipinski definition) is 6. The van der Waals surface area contributed by atoms with E-state index in [4.69, 9.17) is 9.47 Å². The molecule has 0 heterocycles. The normalized spacial score (nSPS) is 10.4. The molecule has 0 saturated carbocycles. The van der Waals surface area contributed by atoms with Crippen LogP contribution in [-0.2, 0) is 28.6 Å². The van der Waals surface area contributed by atoms with E-state index >= 15 is 0 Å². The molecule has 0 saturated heterocycles. The first-order valence-electron chi connectivity index (χ1n) is 7.27. The van der Waals surface area contributed by atoms with E-state index in [2.05, 4.69) is 11.7 Å². The Morgan fingerprint density at radius 1 is 0.762 bits per heavy atom. The van der Waals surface area contributed by atoms with Crippen LogP contribution in [0.3, 0.4) is 0 Å². The lowest BCUT2D eigenvalue weighted by atomic mass is 10.2. The molecule has 0 spiro atoms. The molecule has 0 aromatic heterocycles. The Bertz CT molecular complexity index is 348. The molecule has 21 heavy (non-hydrogen) atoms. The van der Waals surface area contributed by atoms with Crippen LogP contribution >= 0.6 is 0 Å². The summed E-state index contributed by atoms with van der Waals surface area (Å²) in [6.07, 6.45) is 6.61. The van der Waals surface area contributed by atoms with Crippen molar-refractivity contribution in [3.8, 4) is 0 Å². The largest absolute Gasteiger partial charge is 0.463 e. The highest BCUT2D eigenvalue weighted by atomic mass is 16.6. The molecule has 0 radical (unpaired) electrons. The van der Waals surface area contributed by atoms with Gasteiger partial charge in [0.05, 0.1) is 13.2 Å². The Kier molecular flexibility index (Phi) is 12.0. The average Bonchev–Trinajstić information content (AvgIpc) is 2.48. The topological polar surface area (TPSA) is 78.9 Å². The number of unbranched alkanes of at least 4 members (excludes halogenated alkanes) is 3. The van der Waals surface area contributed by atoms with Crippen molar-refractivity contribution in [2.45, 2.75) is 46.0 Å². The lowest BCUT2D eigenvalue weighted by Crippen LogP contribution is -2.16. The third-order valence-corrected chi connectivity index (χ3v) is 2.40. The van der Waals surface area contributed by atoms with Gasteiger partial charge in [-0.2, -0.15) is 0 Å². The van der Waals surface area contributed by atoms with E-state index in [1.165, 1.54) is 0 Å². The van der Waals surface area contributed by atoms with E-state index in [1.807, 2.05) is 6.92 Å². The summed E-state index contributed by atoms with van der Waals surface area (Å²) in [5.74, 6) is -2.00. The molecule has 0 aromatic rings. The molecule has 0 bridgehead atoms. The van der Waals surface area contributed by atoms with Crippen molar-refractivity contribution in [2.75, 3.05) is 19.8 Å². The second-order valence-corrected chi connectivity index (χ2v) is 4.39. The summed E-state index contributed by atoms with van der Waals surface area (Å²) in [4.78, 5) is 33.5. The van der Waals surface area contributed by atoms with Gasteiger partial charge in [0, 0.05) is 12.2 Å². The van der Waals surface area contributed by atoms with E-state index in [1.54, 1.807) is 0 Å². The summed E-state index contributed by atoms with van der Waals surface area (Å²) >= 11 is 0. The first-order valence-corrected chi connectivity index (χ1v) is 7.27. The van der Waals surface area contributed by atoms with Gasteiger partial charge in [-0.3, -0.25) is 0 Å². The fourth-order valence-electron chi connectivity index (χ4n) is 1.32. The Morgan fingerprint density at radius 3 is 2.05 bits per heavy atom. The smallest absolute Gasteiger partial charge is 0.344 e. The van der Waals surface area contributed by atoms with Crippen molar-refractivity contribution in [3.05, 3.63) is 12.2 Å². The van der Waals surface area contributed by atoms with Crippen molar-refractivity contribution < 1.29 is 28.6 Å². The van der Waals surface area contributed by atoms with E-state index in [0.29, 0.717) is 19.6 Å². The molecule has 0 fully saturated rings. The van der Waals surface area contributed by atoms with Gasteiger partial charge >= 0.3 is 17.9 Å². The van der Waals surface area contributed by atoms with Crippen LogP contribution in [-0.4, -0.2) is 37.7 Å². The van der Waals surface area contributed by atoms with Crippen molar-refractivity contribution in [2.24, 2.45) is 0 Å². The third-order valence-electron chi connectivity index (χ3n) is 2.40. The van der Waals surface area contributed by atoms with Gasteiger partial charge < -0.3 is 14.2 Å². The molecule has 0 aliphatic heterocycles. The number of hydrogen-bond donors (Lipinski definition) is 0. The molecule has 120 valence electrons. The highest BCUT2D eigenvalue weighted by Crippen LogP contribution is 1.99. The molecular weight excluding hydrogens is 276 g/mol. The van der Waals surface area contributed by atoms with Gasteiger partial charge in [0.1, 0.15) is 0 Å². The van der Waals surface area contributed by atoms with Gasteiger partial charge in [0.15, 0.2) is 6.61 Å². The summed E-state index contributed by atoms with van der Waals surface area (Å²) in [5, 5.41) is 0. The molecule has 0 atom stereocenters. The Hall–Kier alpha value is -1.85. The molecule has 0 N–H and O–H groups in total. The fourth-order valence-corrected chi connectivity index (χ4v) is 1.32. The van der Waals surface area contributed by atoms with Crippen LogP contribution in [0.1, 0.15) is 46.0 Å². The number of carbonyl (C=O) groups excluding carboxylic acids is 3. The maximum atomic E-state index is 11.2. The van der Waals surface area contributed by atoms with Crippen molar-refractivity contribution in [1.82, 2.24) is 0 Å². The van der Waals surface area contributed by atoms with Crippen molar-refractivity contribution >= 4 is 17.9 Å². The van der Waals surface area contributed by atoms with Crippen molar-refractivity contribution in [1.29, 1.82) is 0 Å². The van der Waals surface area contributed by atoms with Crippen LogP contribution in [0, 0.1) is 0 Å². The van der Waals surface area contributed by atoms with Gasteiger partial charge in [-0.1, -0.05) is 33.1 Å². The number of ether oxygens (including phenoxy) is 3. The third kappa shape index (κ3) is 12.9. The van der Waals surface area contributed by atoms with Crippen LogP contribution in [0.4, 0.5) is 0 Å². The maximum absolute atomic E-state index is 11.2. The zero-order valence-corrected chi connectivity index (χ0v) is 12.8. The highest BCUT2D eigenvalue weighted by molar-refractivity contribution is 5.92. The zero-order chi connectivity index (χ0) is 15.9. The van der Waals surface area contributed by atoms with Crippen LogP contribution in [0.25, 0.3) is 0 Å². The predicted molar refractivity (Wildman–Crippen MR) is 76.5 cm³/mol. The van der Waals surface area contributed by atoms with E-state index < -0.39 is 24.5 Å². The van der Waals surface area contributed by atoms with Gasteiger partial charge in [-0.05, 0) is 12.8 Å². The summed E-state index contributed by atoms with van der Waals surface area (Å²) in [7, 11) is 0. The SMILES string of the molecule is CCCCCCOC(=O)COC(=O)/C=C/C(=O)OCCC. The minimum absolute atomic E-state index is 0.294. The summed E-state index contributed by atoms with van der Waals surface area (Å²) < 4.78 is 14.2. The molecule has 0 aliphatic rings. The van der Waals surface area contributed by atoms with Crippen LogP contribution in [0.5, 0.6) is 0 Å².